The molecule has 3 heteroatoms. The molecule has 1 aromatic heterocycles. The Morgan fingerprint density at radius 2 is 2.19 bits per heavy atom. The molecule has 1 saturated carbocycles. The highest BCUT2D eigenvalue weighted by Gasteiger charge is 2.46. The summed E-state index contributed by atoms with van der Waals surface area (Å²) in [6.45, 7) is 0. The van der Waals surface area contributed by atoms with E-state index >= 15 is 0 Å². The number of aromatic nitrogens is 1. The second kappa shape index (κ2) is 3.06. The van der Waals surface area contributed by atoms with Gasteiger partial charge in [0, 0.05) is 18.8 Å². The third kappa shape index (κ3) is 1.15. The van der Waals surface area contributed by atoms with Gasteiger partial charge < -0.3 is 4.57 Å². The van der Waals surface area contributed by atoms with Crippen LogP contribution in [0, 0.1) is 0 Å². The predicted molar refractivity (Wildman–Crippen MR) is 62.0 cm³/mol. The van der Waals surface area contributed by atoms with Gasteiger partial charge in [-0.2, -0.15) is 4.99 Å². The van der Waals surface area contributed by atoms with Crippen LogP contribution in [0.5, 0.6) is 0 Å². The Labute approximate surface area is 93.4 Å². The zero-order valence-corrected chi connectivity index (χ0v) is 9.10. The van der Waals surface area contributed by atoms with Gasteiger partial charge in [0.2, 0.25) is 6.08 Å². The summed E-state index contributed by atoms with van der Waals surface area (Å²) in [7, 11) is 2.02. The van der Waals surface area contributed by atoms with E-state index in [-0.39, 0.29) is 5.54 Å². The second-order valence-corrected chi connectivity index (χ2v) is 4.40. The Bertz CT molecular complexity index is 601. The normalized spacial score (nSPS) is 17.1. The van der Waals surface area contributed by atoms with Gasteiger partial charge in [0.25, 0.3) is 0 Å². The van der Waals surface area contributed by atoms with E-state index in [1.165, 1.54) is 10.9 Å². The molecule has 0 unspecified atom stereocenters. The van der Waals surface area contributed by atoms with Gasteiger partial charge in [-0.15, -0.1) is 0 Å². The van der Waals surface area contributed by atoms with Crippen LogP contribution in [0.3, 0.4) is 0 Å². The van der Waals surface area contributed by atoms with Crippen LogP contribution < -0.4 is 0 Å². The van der Waals surface area contributed by atoms with Gasteiger partial charge in [0.1, 0.15) is 5.54 Å². The van der Waals surface area contributed by atoms with E-state index < -0.39 is 0 Å². The van der Waals surface area contributed by atoms with Crippen LogP contribution >= 0.6 is 0 Å². The summed E-state index contributed by atoms with van der Waals surface area (Å²) < 4.78 is 2.09. The van der Waals surface area contributed by atoms with Gasteiger partial charge in [0.05, 0.1) is 5.52 Å². The predicted octanol–water partition coefficient (Wildman–Crippen LogP) is 2.50. The molecular weight excluding hydrogens is 200 g/mol. The lowest BCUT2D eigenvalue weighted by atomic mass is 10.0. The van der Waals surface area contributed by atoms with Gasteiger partial charge in [0.15, 0.2) is 0 Å². The number of hydrogen-bond donors (Lipinski definition) is 0. The van der Waals surface area contributed by atoms with Crippen molar-refractivity contribution in [1.29, 1.82) is 0 Å². The maximum atomic E-state index is 10.5. The van der Waals surface area contributed by atoms with Crippen molar-refractivity contribution in [3.05, 3.63) is 36.0 Å². The smallest absolute Gasteiger partial charge is 0.235 e. The fraction of sp³-hybridized carbons (Fsp3) is 0.308. The molecule has 0 spiro atoms. The number of benzene rings is 1. The van der Waals surface area contributed by atoms with Crippen molar-refractivity contribution in [3.63, 3.8) is 0 Å². The van der Waals surface area contributed by atoms with Crippen molar-refractivity contribution < 1.29 is 4.79 Å². The molecule has 1 aliphatic carbocycles. The molecule has 0 bridgehead atoms. The second-order valence-electron chi connectivity index (χ2n) is 4.40. The monoisotopic (exact) mass is 212 g/mol. The summed E-state index contributed by atoms with van der Waals surface area (Å²) >= 11 is 0. The van der Waals surface area contributed by atoms with Crippen molar-refractivity contribution in [3.8, 4) is 0 Å². The Morgan fingerprint density at radius 1 is 1.38 bits per heavy atom. The number of rotatable bonds is 2. The molecule has 0 radical (unpaired) electrons. The first-order chi connectivity index (χ1) is 7.77. The number of para-hydroxylation sites is 1. The fourth-order valence-electron chi connectivity index (χ4n) is 2.38. The van der Waals surface area contributed by atoms with Crippen molar-refractivity contribution in [2.24, 2.45) is 12.0 Å². The van der Waals surface area contributed by atoms with E-state index in [2.05, 4.69) is 27.8 Å². The molecule has 0 aliphatic heterocycles. The van der Waals surface area contributed by atoms with E-state index in [4.69, 9.17) is 0 Å². The minimum Gasteiger partial charge on any atom is -0.350 e. The molecule has 0 atom stereocenters. The molecule has 3 rings (SSSR count). The number of fused-ring (bicyclic) bond motifs is 1. The lowest BCUT2D eigenvalue weighted by molar-refractivity contribution is 0.556. The van der Waals surface area contributed by atoms with Gasteiger partial charge in [-0.25, -0.2) is 4.79 Å². The van der Waals surface area contributed by atoms with Crippen LogP contribution in [0.1, 0.15) is 18.4 Å². The van der Waals surface area contributed by atoms with Crippen LogP contribution in [0.25, 0.3) is 10.9 Å². The Morgan fingerprint density at radius 3 is 2.88 bits per heavy atom. The molecular formula is C13H12N2O. The average Bonchev–Trinajstić information content (AvgIpc) is 2.98. The maximum absolute atomic E-state index is 10.5. The van der Waals surface area contributed by atoms with Gasteiger partial charge in [-0.05, 0) is 24.3 Å². The quantitative estimate of drug-likeness (QED) is 0.556. The molecule has 2 aromatic rings. The number of hydrogen-bond acceptors (Lipinski definition) is 2. The van der Waals surface area contributed by atoms with Gasteiger partial charge in [-0.3, -0.25) is 0 Å². The molecule has 1 aliphatic rings. The van der Waals surface area contributed by atoms with Crippen LogP contribution in [0.15, 0.2) is 35.5 Å². The Balaban J connectivity index is 2.31. The van der Waals surface area contributed by atoms with Crippen LogP contribution in [0.4, 0.5) is 0 Å². The molecule has 0 amide bonds. The van der Waals surface area contributed by atoms with Crippen LogP contribution in [-0.4, -0.2) is 10.6 Å². The van der Waals surface area contributed by atoms with E-state index in [0.29, 0.717) is 0 Å². The minimum atomic E-state index is -0.284. The number of carbonyl (C=O) groups excluding carboxylic acids is 1. The first-order valence-corrected chi connectivity index (χ1v) is 5.40. The van der Waals surface area contributed by atoms with E-state index in [9.17, 15) is 4.79 Å². The third-order valence-corrected chi connectivity index (χ3v) is 3.38. The molecule has 1 aromatic carbocycles. The number of nitrogens with zero attached hydrogens (tertiary/aromatic N) is 2. The summed E-state index contributed by atoms with van der Waals surface area (Å²) in [4.78, 5) is 14.5. The highest BCUT2D eigenvalue weighted by Crippen LogP contribution is 2.51. The van der Waals surface area contributed by atoms with Gasteiger partial charge >= 0.3 is 0 Å². The minimum absolute atomic E-state index is 0.284. The third-order valence-electron chi connectivity index (χ3n) is 3.38. The molecule has 0 saturated heterocycles. The van der Waals surface area contributed by atoms with Crippen molar-refractivity contribution >= 4 is 17.0 Å². The van der Waals surface area contributed by atoms with Crippen molar-refractivity contribution in [1.82, 2.24) is 4.57 Å². The molecule has 1 fully saturated rings. The standard InChI is InChI=1S/C13H12N2O/c1-15-8-5-10-3-2-4-11(12(10)15)13(6-7-13)14-9-16/h2-5,8H,6-7H2,1H3. The Hall–Kier alpha value is -1.86. The number of aryl methyl sites for hydroxylation is 1. The van der Waals surface area contributed by atoms with Gasteiger partial charge in [-0.1, -0.05) is 18.2 Å². The summed E-state index contributed by atoms with van der Waals surface area (Å²) in [5.74, 6) is 0. The first-order valence-electron chi connectivity index (χ1n) is 5.40. The fourth-order valence-corrected chi connectivity index (χ4v) is 2.38. The summed E-state index contributed by atoms with van der Waals surface area (Å²) in [5.41, 5.74) is 2.05. The number of aliphatic imine (C=N–C) groups is 1. The lowest BCUT2D eigenvalue weighted by Gasteiger charge is -2.11. The average molecular weight is 212 g/mol. The molecule has 0 N–H and O–H groups in total. The van der Waals surface area contributed by atoms with Crippen LogP contribution in [0.2, 0.25) is 0 Å². The summed E-state index contributed by atoms with van der Waals surface area (Å²) in [6.07, 6.45) is 5.65. The zero-order valence-electron chi connectivity index (χ0n) is 9.10. The SMILES string of the molecule is Cn1ccc2cccc(C3(N=C=O)CC3)c21. The maximum Gasteiger partial charge on any atom is 0.235 e. The molecule has 1 heterocycles. The highest BCUT2D eigenvalue weighted by molar-refractivity contribution is 5.85. The van der Waals surface area contributed by atoms with E-state index in [0.717, 1.165) is 18.4 Å². The lowest BCUT2D eigenvalue weighted by Crippen LogP contribution is -2.04. The molecule has 3 nitrogen and oxygen atoms in total. The molecule has 16 heavy (non-hydrogen) atoms. The first kappa shape index (κ1) is 9.37. The highest BCUT2D eigenvalue weighted by atomic mass is 16.1. The van der Waals surface area contributed by atoms with Crippen molar-refractivity contribution in [2.75, 3.05) is 0 Å². The summed E-state index contributed by atoms with van der Waals surface area (Å²) in [6, 6.07) is 8.26. The van der Waals surface area contributed by atoms with E-state index in [1.807, 2.05) is 19.3 Å². The van der Waals surface area contributed by atoms with Crippen molar-refractivity contribution in [2.45, 2.75) is 18.4 Å². The topological polar surface area (TPSA) is 34.4 Å². The summed E-state index contributed by atoms with van der Waals surface area (Å²) in [5, 5.41) is 1.20. The van der Waals surface area contributed by atoms with E-state index in [1.54, 1.807) is 6.08 Å². The molecule has 80 valence electrons. The number of isocyanates is 1. The Kier molecular flexibility index (Phi) is 1.79. The van der Waals surface area contributed by atoms with Crippen LogP contribution in [-0.2, 0) is 17.4 Å². The largest absolute Gasteiger partial charge is 0.350 e. The zero-order chi connectivity index (χ0) is 11.2.